The first-order valence-corrected chi connectivity index (χ1v) is 0. The van der Waals surface area contributed by atoms with Gasteiger partial charge in [0.1, 0.15) is 0 Å². The summed E-state index contributed by atoms with van der Waals surface area (Å²) in [4.78, 5) is 0. The Labute approximate surface area is 86.0 Å². The molecule has 0 aromatic rings. The van der Waals surface area contributed by atoms with Gasteiger partial charge in [-0.05, 0) is 0 Å². The Morgan fingerprint density at radius 3 is 0.750 bits per heavy atom. The largest absolute Gasteiger partial charge is 2.00 e. The van der Waals surface area contributed by atoms with Gasteiger partial charge in [-0.25, -0.2) is 0 Å². The molecule has 0 heterocycles. The van der Waals surface area contributed by atoms with Crippen molar-refractivity contribution in [1.29, 1.82) is 0 Å². The molecule has 0 aromatic carbocycles. The van der Waals surface area contributed by atoms with Gasteiger partial charge in [-0.3, -0.25) is 0 Å². The van der Waals surface area contributed by atoms with E-state index in [4.69, 9.17) is 0 Å². The van der Waals surface area contributed by atoms with Gasteiger partial charge in [0.2, 0.25) is 0 Å². The Kier molecular flexibility index (Phi) is 149. The van der Waals surface area contributed by atoms with Crippen LogP contribution in [0.3, 0.4) is 0 Å². The Morgan fingerprint density at radius 1 is 0.750 bits per heavy atom. The van der Waals surface area contributed by atoms with Gasteiger partial charge in [0, 0.05) is 0 Å². The molecular formula is H2Ca2F2. The summed E-state index contributed by atoms with van der Waals surface area (Å²) in [6.07, 6.45) is 0. The zero-order valence-electron chi connectivity index (χ0n) is 4.17. The van der Waals surface area contributed by atoms with E-state index in [1.54, 1.807) is 0 Å². The zero-order chi connectivity index (χ0) is 0. The average molecular weight is 120 g/mol. The summed E-state index contributed by atoms with van der Waals surface area (Å²) < 4.78 is 0. The summed E-state index contributed by atoms with van der Waals surface area (Å²) in [6.45, 7) is 0. The fourth-order valence-corrected chi connectivity index (χ4v) is 0. The van der Waals surface area contributed by atoms with E-state index in [2.05, 4.69) is 0 Å². The van der Waals surface area contributed by atoms with Crippen molar-refractivity contribution in [2.45, 2.75) is 0 Å². The van der Waals surface area contributed by atoms with Gasteiger partial charge in [0.15, 0.2) is 0 Å². The molecule has 0 aliphatic carbocycles. The van der Waals surface area contributed by atoms with Gasteiger partial charge in [0.25, 0.3) is 0 Å². The predicted molar refractivity (Wildman–Crippen MR) is 13.7 cm³/mol. The van der Waals surface area contributed by atoms with Crippen LogP contribution in [0.5, 0.6) is 0 Å². The maximum Gasteiger partial charge on any atom is 2.00 e. The predicted octanol–water partition coefficient (Wildman–Crippen LogP) is -6.53. The first-order chi connectivity index (χ1) is 0. The summed E-state index contributed by atoms with van der Waals surface area (Å²) in [6, 6.07) is 0. The number of hydrogen-bond donors (Lipinski definition) is 0. The van der Waals surface area contributed by atoms with Crippen LogP contribution in [-0.4, -0.2) is 75.5 Å². The molecule has 0 radical (unpaired) electrons. The molecule has 0 nitrogen and oxygen atoms in total. The van der Waals surface area contributed by atoms with Gasteiger partial charge in [-0.2, -0.15) is 0 Å². The Morgan fingerprint density at radius 2 is 0.750 bits per heavy atom. The molecule has 0 fully saturated rings. The van der Waals surface area contributed by atoms with Gasteiger partial charge in [-0.1, -0.05) is 0 Å². The fraction of sp³-hybridized carbons (Fsp3) is 0. The van der Waals surface area contributed by atoms with Crippen molar-refractivity contribution in [2.75, 3.05) is 0 Å². The molecule has 0 aliphatic heterocycles. The van der Waals surface area contributed by atoms with E-state index in [-0.39, 0.29) is 87.7 Å². The Balaban J connectivity index is 0. The standard InChI is InChI=1S/2Ca.2FH.2H/h;;2*1H;;/q2*+2;;;2*-1/p-2. The fourth-order valence-electron chi connectivity index (χ4n) is 0. The van der Waals surface area contributed by atoms with Crippen molar-refractivity contribution in [3.63, 3.8) is 0 Å². The zero-order valence-corrected chi connectivity index (χ0v) is 6.59. The minimum atomic E-state index is 0. The molecule has 0 rings (SSSR count). The molecule has 0 amide bonds. The van der Waals surface area contributed by atoms with Crippen LogP contribution in [0, 0.1) is 0 Å². The second kappa shape index (κ2) is 18.2. The first-order valence-electron chi connectivity index (χ1n) is 0. The van der Waals surface area contributed by atoms with Crippen LogP contribution in [0.25, 0.3) is 0 Å². The van der Waals surface area contributed by atoms with Crippen LogP contribution in [0.2, 0.25) is 0 Å². The average Bonchev–Trinajstić information content (AvgIpc) is 0. The van der Waals surface area contributed by atoms with Gasteiger partial charge in [-0.15, -0.1) is 0 Å². The van der Waals surface area contributed by atoms with Crippen molar-refractivity contribution in [2.24, 2.45) is 0 Å². The smallest absolute Gasteiger partial charge is 1.00 e. The minimum Gasteiger partial charge on any atom is -1.00 e. The van der Waals surface area contributed by atoms with E-state index >= 15 is 0 Å². The van der Waals surface area contributed by atoms with Crippen LogP contribution >= 0.6 is 0 Å². The Bertz CT molecular complexity index is 9.51. The summed E-state index contributed by atoms with van der Waals surface area (Å²) in [7, 11) is 0. The molecule has 4 heavy (non-hydrogen) atoms. The van der Waals surface area contributed by atoms with Crippen LogP contribution in [0.4, 0.5) is 0 Å². The first kappa shape index (κ1) is 32.6. The van der Waals surface area contributed by atoms with E-state index in [1.165, 1.54) is 0 Å². The molecular weight excluding hydrogens is 118 g/mol. The molecule has 0 saturated carbocycles. The molecule has 0 N–H and O–H groups in total. The summed E-state index contributed by atoms with van der Waals surface area (Å²) in [5, 5.41) is 0. The van der Waals surface area contributed by atoms with Crippen molar-refractivity contribution < 1.29 is 12.3 Å². The third kappa shape index (κ3) is 8.83. The molecule has 0 atom stereocenters. The Hall–Kier alpha value is 2.38. The number of hydrogen-bond acceptors (Lipinski definition) is 0. The molecule has 4 heteroatoms. The normalized spacial score (nSPS) is 0. The monoisotopic (exact) mass is 120 g/mol. The second-order valence-corrected chi connectivity index (χ2v) is 0. The van der Waals surface area contributed by atoms with Gasteiger partial charge < -0.3 is 12.3 Å². The van der Waals surface area contributed by atoms with Crippen molar-refractivity contribution in [3.8, 4) is 0 Å². The molecule has 0 unspecified atom stereocenters. The minimum absolute atomic E-state index is 0. The number of rotatable bonds is 0. The topological polar surface area (TPSA) is 0 Å². The van der Waals surface area contributed by atoms with Crippen LogP contribution in [0.1, 0.15) is 2.85 Å². The summed E-state index contributed by atoms with van der Waals surface area (Å²) >= 11 is 0. The van der Waals surface area contributed by atoms with Gasteiger partial charge in [0.05, 0.1) is 0 Å². The van der Waals surface area contributed by atoms with E-state index in [0.29, 0.717) is 0 Å². The second-order valence-electron chi connectivity index (χ2n) is 0. The maximum absolute atomic E-state index is 0. The summed E-state index contributed by atoms with van der Waals surface area (Å²) in [5.74, 6) is 0. The van der Waals surface area contributed by atoms with E-state index in [9.17, 15) is 0 Å². The van der Waals surface area contributed by atoms with E-state index in [0.717, 1.165) is 0 Å². The molecule has 0 aliphatic rings. The molecule has 0 bridgehead atoms. The van der Waals surface area contributed by atoms with Crippen LogP contribution in [0.15, 0.2) is 0 Å². The third-order valence-corrected chi connectivity index (χ3v) is 0. The van der Waals surface area contributed by atoms with Gasteiger partial charge >= 0.3 is 75.5 Å². The number of halogens is 2. The van der Waals surface area contributed by atoms with Crippen LogP contribution < -0.4 is 9.41 Å². The van der Waals surface area contributed by atoms with E-state index in [1.807, 2.05) is 0 Å². The van der Waals surface area contributed by atoms with Crippen LogP contribution in [-0.2, 0) is 0 Å². The maximum atomic E-state index is 0. The molecule has 0 aromatic heterocycles. The van der Waals surface area contributed by atoms with Crippen molar-refractivity contribution >= 4 is 75.5 Å². The van der Waals surface area contributed by atoms with E-state index < -0.39 is 0 Å². The SMILES string of the molecule is [Ca+2].[Ca+2].[F-].[F-].[H-].[H-]. The molecule has 0 spiro atoms. The molecule has 0 saturated heterocycles. The third-order valence-electron chi connectivity index (χ3n) is 0. The molecule has 20 valence electrons. The van der Waals surface area contributed by atoms with Crippen molar-refractivity contribution in [1.82, 2.24) is 0 Å². The van der Waals surface area contributed by atoms with Crippen molar-refractivity contribution in [3.05, 3.63) is 0 Å². The quantitative estimate of drug-likeness (QED) is 0.279. The summed E-state index contributed by atoms with van der Waals surface area (Å²) in [5.41, 5.74) is 0.